The van der Waals surface area contributed by atoms with Crippen LogP contribution in [0.1, 0.15) is 18.7 Å². The first-order valence-electron chi connectivity index (χ1n) is 4.27. The number of aromatic nitrogens is 2. The fourth-order valence-corrected chi connectivity index (χ4v) is 3.69. The lowest BCUT2D eigenvalue weighted by molar-refractivity contribution is 0.372. The van der Waals surface area contributed by atoms with Crippen molar-refractivity contribution in [3.63, 3.8) is 0 Å². The zero-order chi connectivity index (χ0) is 10.2. The molecule has 2 rings (SSSR count). The van der Waals surface area contributed by atoms with Gasteiger partial charge >= 0.3 is 0 Å². The summed E-state index contributed by atoms with van der Waals surface area (Å²) in [5.74, 6) is 0.667. The highest BCUT2D eigenvalue weighted by atomic mass is 79.9. The number of nitrogens with zero attached hydrogens (tertiary/aromatic N) is 2. The van der Waals surface area contributed by atoms with Crippen LogP contribution in [0, 0.1) is 0 Å². The van der Waals surface area contributed by atoms with E-state index in [1.54, 1.807) is 0 Å². The smallest absolute Gasteiger partial charge is 0.238 e. The minimum atomic E-state index is -2.92. The van der Waals surface area contributed by atoms with Crippen molar-refractivity contribution in [1.82, 2.24) is 10.1 Å². The summed E-state index contributed by atoms with van der Waals surface area (Å²) >= 11 is 3.04. The van der Waals surface area contributed by atoms with Crippen molar-refractivity contribution in [3.05, 3.63) is 10.6 Å². The zero-order valence-corrected chi connectivity index (χ0v) is 9.71. The predicted molar refractivity (Wildman–Crippen MR) is 52.5 cm³/mol. The van der Waals surface area contributed by atoms with Crippen LogP contribution in [0.3, 0.4) is 0 Å². The molecule has 0 aromatic carbocycles. The summed E-state index contributed by atoms with van der Waals surface area (Å²) in [6.45, 7) is 0. The minimum absolute atomic E-state index is 0.285. The molecule has 0 aliphatic carbocycles. The van der Waals surface area contributed by atoms with E-state index in [1.807, 2.05) is 0 Å². The second-order valence-corrected chi connectivity index (χ2v) is 6.40. The van der Waals surface area contributed by atoms with Gasteiger partial charge in [-0.2, -0.15) is 4.98 Å². The van der Waals surface area contributed by atoms with Crippen molar-refractivity contribution in [2.45, 2.75) is 24.5 Å². The van der Waals surface area contributed by atoms with E-state index in [0.29, 0.717) is 23.5 Å². The second kappa shape index (κ2) is 3.62. The Labute approximate surface area is 89.9 Å². The van der Waals surface area contributed by atoms with E-state index in [1.165, 1.54) is 0 Å². The average Bonchev–Trinajstić information content (AvgIpc) is 2.61. The lowest BCUT2D eigenvalue weighted by atomic mass is 10.2. The van der Waals surface area contributed by atoms with Gasteiger partial charge in [-0.25, -0.2) is 8.42 Å². The first-order chi connectivity index (χ1) is 6.58. The Morgan fingerprint density at radius 1 is 1.57 bits per heavy atom. The Morgan fingerprint density at radius 2 is 2.36 bits per heavy atom. The summed E-state index contributed by atoms with van der Waals surface area (Å²) in [7, 11) is -2.92. The molecule has 0 N–H and O–H groups in total. The molecule has 1 aliphatic rings. The second-order valence-electron chi connectivity index (χ2n) is 3.29. The third-order valence-corrected chi connectivity index (χ3v) is 4.91. The van der Waals surface area contributed by atoms with Crippen LogP contribution in [-0.4, -0.2) is 29.6 Å². The average molecular weight is 281 g/mol. The molecule has 78 valence electrons. The monoisotopic (exact) mass is 280 g/mol. The quantitative estimate of drug-likeness (QED) is 0.807. The summed E-state index contributed by atoms with van der Waals surface area (Å²) < 4.78 is 28.2. The van der Waals surface area contributed by atoms with Crippen molar-refractivity contribution in [3.8, 4) is 0 Å². The molecular formula is C7H9BrN2O3S. The van der Waals surface area contributed by atoms with Crippen molar-refractivity contribution >= 4 is 25.8 Å². The molecule has 5 nitrogen and oxygen atoms in total. The Bertz CT molecular complexity index is 428. The number of hydrogen-bond donors (Lipinski definition) is 0. The molecular weight excluding hydrogens is 272 g/mol. The highest BCUT2D eigenvalue weighted by Crippen LogP contribution is 2.23. The summed E-state index contributed by atoms with van der Waals surface area (Å²) in [4.78, 5) is 3.91. The van der Waals surface area contributed by atoms with Crippen molar-refractivity contribution < 1.29 is 12.9 Å². The van der Waals surface area contributed by atoms with Crippen LogP contribution in [-0.2, 0) is 16.3 Å². The highest BCUT2D eigenvalue weighted by Gasteiger charge is 2.32. The SMILES string of the molecule is O=S1(=O)CCCC1Cc1nc(Br)no1. The van der Waals surface area contributed by atoms with Gasteiger partial charge in [0.05, 0.1) is 11.0 Å². The van der Waals surface area contributed by atoms with Gasteiger partial charge in [0, 0.05) is 6.42 Å². The van der Waals surface area contributed by atoms with Crippen LogP contribution >= 0.6 is 15.9 Å². The molecule has 1 atom stereocenters. The standard InChI is InChI=1S/C7H9BrN2O3S/c8-7-9-6(13-10-7)4-5-2-1-3-14(5,11)12/h5H,1-4H2. The third kappa shape index (κ3) is 1.98. The number of rotatable bonds is 2. The first kappa shape index (κ1) is 10.1. The van der Waals surface area contributed by atoms with Gasteiger partial charge in [0.15, 0.2) is 9.84 Å². The van der Waals surface area contributed by atoms with Gasteiger partial charge in [0.2, 0.25) is 10.6 Å². The van der Waals surface area contributed by atoms with Gasteiger partial charge in [-0.3, -0.25) is 0 Å². The van der Waals surface area contributed by atoms with Gasteiger partial charge in [-0.1, -0.05) is 0 Å². The van der Waals surface area contributed by atoms with Gasteiger partial charge in [0.25, 0.3) is 0 Å². The Kier molecular flexibility index (Phi) is 2.61. The number of sulfone groups is 1. The molecule has 0 radical (unpaired) electrons. The normalized spacial score (nSPS) is 25.4. The van der Waals surface area contributed by atoms with E-state index >= 15 is 0 Å². The minimum Gasteiger partial charge on any atom is -0.338 e. The Hall–Kier alpha value is -0.430. The molecule has 1 aliphatic heterocycles. The van der Waals surface area contributed by atoms with E-state index in [9.17, 15) is 8.42 Å². The van der Waals surface area contributed by atoms with Crippen LogP contribution in [0.5, 0.6) is 0 Å². The predicted octanol–water partition coefficient (Wildman–Crippen LogP) is 0.952. The molecule has 0 amide bonds. The third-order valence-electron chi connectivity index (χ3n) is 2.31. The van der Waals surface area contributed by atoms with Gasteiger partial charge in [-0.15, -0.1) is 0 Å². The van der Waals surface area contributed by atoms with E-state index in [2.05, 4.69) is 26.1 Å². The largest absolute Gasteiger partial charge is 0.338 e. The summed E-state index contributed by atoms with van der Waals surface area (Å²) in [5, 5.41) is 3.20. The molecule has 1 aromatic heterocycles. The van der Waals surface area contributed by atoms with E-state index in [4.69, 9.17) is 4.52 Å². The molecule has 1 fully saturated rings. The van der Waals surface area contributed by atoms with Gasteiger partial charge in [0.1, 0.15) is 0 Å². The molecule has 1 unspecified atom stereocenters. The lowest BCUT2D eigenvalue weighted by Crippen LogP contribution is -2.18. The molecule has 7 heteroatoms. The first-order valence-corrected chi connectivity index (χ1v) is 6.78. The topological polar surface area (TPSA) is 73.1 Å². The van der Waals surface area contributed by atoms with Crippen LogP contribution in [0.4, 0.5) is 0 Å². The van der Waals surface area contributed by atoms with Crippen LogP contribution in [0.25, 0.3) is 0 Å². The summed E-state index contributed by atoms with van der Waals surface area (Å²) in [5.41, 5.74) is 0. The maximum Gasteiger partial charge on any atom is 0.238 e. The molecule has 1 aromatic rings. The lowest BCUT2D eigenvalue weighted by Gasteiger charge is -2.04. The Balaban J connectivity index is 2.12. The molecule has 0 bridgehead atoms. The van der Waals surface area contributed by atoms with Crippen molar-refractivity contribution in [2.24, 2.45) is 0 Å². The van der Waals surface area contributed by atoms with E-state index in [-0.39, 0.29) is 11.0 Å². The van der Waals surface area contributed by atoms with Gasteiger partial charge < -0.3 is 4.52 Å². The summed E-state index contributed by atoms with van der Waals surface area (Å²) in [6, 6.07) is 0. The van der Waals surface area contributed by atoms with Crippen LogP contribution < -0.4 is 0 Å². The fraction of sp³-hybridized carbons (Fsp3) is 0.714. The highest BCUT2D eigenvalue weighted by molar-refractivity contribution is 9.10. The van der Waals surface area contributed by atoms with Crippen molar-refractivity contribution in [1.29, 1.82) is 0 Å². The number of hydrogen-bond acceptors (Lipinski definition) is 5. The maximum atomic E-state index is 11.5. The number of halogens is 1. The molecule has 0 spiro atoms. The van der Waals surface area contributed by atoms with Crippen LogP contribution in [0.2, 0.25) is 0 Å². The van der Waals surface area contributed by atoms with Crippen LogP contribution in [0.15, 0.2) is 9.26 Å². The fourth-order valence-electron chi connectivity index (χ4n) is 1.60. The van der Waals surface area contributed by atoms with Gasteiger partial charge in [-0.05, 0) is 33.9 Å². The summed E-state index contributed by atoms with van der Waals surface area (Å²) in [6.07, 6.45) is 1.77. The van der Waals surface area contributed by atoms with Crippen molar-refractivity contribution in [2.75, 3.05) is 5.75 Å². The maximum absolute atomic E-state index is 11.5. The molecule has 14 heavy (non-hydrogen) atoms. The van der Waals surface area contributed by atoms with E-state index in [0.717, 1.165) is 6.42 Å². The molecule has 0 saturated carbocycles. The Morgan fingerprint density at radius 3 is 2.86 bits per heavy atom. The zero-order valence-electron chi connectivity index (χ0n) is 7.31. The van der Waals surface area contributed by atoms with E-state index < -0.39 is 9.84 Å². The molecule has 1 saturated heterocycles. The molecule has 2 heterocycles.